The number of nitro groups is 1. The topological polar surface area (TPSA) is 65.3 Å². The first-order chi connectivity index (χ1) is 10.0. The Morgan fingerprint density at radius 2 is 2.05 bits per heavy atom. The van der Waals surface area contributed by atoms with Crippen molar-refractivity contribution in [2.24, 2.45) is 0 Å². The van der Waals surface area contributed by atoms with E-state index in [-0.39, 0.29) is 22.6 Å². The summed E-state index contributed by atoms with van der Waals surface area (Å²) in [6.07, 6.45) is 0.936. The lowest BCUT2D eigenvalue weighted by Gasteiger charge is -2.14. The molecule has 1 aromatic carbocycles. The molecule has 0 radical (unpaired) electrons. The number of nitrogens with zero attached hydrogens (tertiary/aromatic N) is 2. The molecule has 0 fully saturated rings. The van der Waals surface area contributed by atoms with Gasteiger partial charge in [-0.1, -0.05) is 43.6 Å². The predicted octanol–water partition coefficient (Wildman–Crippen LogP) is 4.95. The quantitative estimate of drug-likeness (QED) is 0.445. The van der Waals surface area contributed by atoms with Crippen molar-refractivity contribution < 1.29 is 9.66 Å². The van der Waals surface area contributed by atoms with Crippen LogP contribution in [0.3, 0.4) is 0 Å². The molecule has 21 heavy (non-hydrogen) atoms. The molecule has 1 unspecified atom stereocenters. The molecule has 0 aliphatic heterocycles. The average Bonchev–Trinajstić information content (AvgIpc) is 2.47. The maximum atomic E-state index is 11.0. The van der Waals surface area contributed by atoms with Gasteiger partial charge in [-0.2, -0.15) is 4.98 Å². The summed E-state index contributed by atoms with van der Waals surface area (Å²) in [5.41, 5.74) is 0.773. The van der Waals surface area contributed by atoms with Crippen molar-refractivity contribution in [3.05, 3.63) is 57.2 Å². The van der Waals surface area contributed by atoms with Gasteiger partial charge in [-0.3, -0.25) is 10.1 Å². The van der Waals surface area contributed by atoms with Crippen LogP contribution in [0.5, 0.6) is 11.6 Å². The van der Waals surface area contributed by atoms with Crippen LogP contribution < -0.4 is 4.74 Å². The van der Waals surface area contributed by atoms with Crippen LogP contribution >= 0.6 is 11.6 Å². The zero-order chi connectivity index (χ0) is 15.4. The molecule has 0 aliphatic carbocycles. The summed E-state index contributed by atoms with van der Waals surface area (Å²) in [5.74, 6) is 0.743. The van der Waals surface area contributed by atoms with Crippen LogP contribution in [0.15, 0.2) is 36.4 Å². The minimum Gasteiger partial charge on any atom is -0.433 e. The van der Waals surface area contributed by atoms with Gasteiger partial charge in [-0.15, -0.1) is 0 Å². The Balaban J connectivity index is 2.43. The Labute approximate surface area is 127 Å². The monoisotopic (exact) mass is 306 g/mol. The van der Waals surface area contributed by atoms with Crippen molar-refractivity contribution in [2.75, 3.05) is 0 Å². The first-order valence-corrected chi connectivity index (χ1v) is 6.98. The number of para-hydroxylation sites is 1. The fourth-order valence-electron chi connectivity index (χ4n) is 1.93. The highest BCUT2D eigenvalue weighted by molar-refractivity contribution is 6.29. The summed E-state index contributed by atoms with van der Waals surface area (Å²) in [5, 5.41) is 11.2. The van der Waals surface area contributed by atoms with Crippen molar-refractivity contribution >= 4 is 17.3 Å². The molecule has 1 aromatic heterocycles. The van der Waals surface area contributed by atoms with Gasteiger partial charge in [0, 0.05) is 6.07 Å². The predicted molar refractivity (Wildman–Crippen MR) is 81.1 cm³/mol. The molecule has 6 heteroatoms. The second kappa shape index (κ2) is 6.54. The van der Waals surface area contributed by atoms with E-state index in [1.807, 2.05) is 18.2 Å². The molecule has 5 nitrogen and oxygen atoms in total. The van der Waals surface area contributed by atoms with E-state index in [1.165, 1.54) is 12.1 Å². The van der Waals surface area contributed by atoms with Crippen LogP contribution in [-0.2, 0) is 0 Å². The molecule has 110 valence electrons. The Bertz CT molecular complexity index is 661. The molecule has 0 saturated heterocycles. The van der Waals surface area contributed by atoms with Crippen LogP contribution in [0.1, 0.15) is 31.7 Å². The third-order valence-corrected chi connectivity index (χ3v) is 3.48. The molecule has 2 rings (SSSR count). The van der Waals surface area contributed by atoms with E-state index >= 15 is 0 Å². The Hall–Kier alpha value is -2.14. The van der Waals surface area contributed by atoms with Crippen molar-refractivity contribution in [1.29, 1.82) is 0 Å². The van der Waals surface area contributed by atoms with Gasteiger partial charge in [0.2, 0.25) is 0 Å². The van der Waals surface area contributed by atoms with Crippen molar-refractivity contribution in [1.82, 2.24) is 4.98 Å². The third-order valence-electron chi connectivity index (χ3n) is 3.27. The lowest BCUT2D eigenvalue weighted by molar-refractivity contribution is -0.386. The van der Waals surface area contributed by atoms with Crippen LogP contribution in [0.2, 0.25) is 5.15 Å². The number of hydrogen-bond acceptors (Lipinski definition) is 4. The molecule has 0 saturated carbocycles. The Morgan fingerprint density at radius 3 is 2.71 bits per heavy atom. The molecule has 2 aromatic rings. The van der Waals surface area contributed by atoms with E-state index in [9.17, 15) is 10.1 Å². The maximum Gasteiger partial charge on any atom is 0.331 e. The lowest BCUT2D eigenvalue weighted by Crippen LogP contribution is -2.00. The minimum absolute atomic E-state index is 0.0942. The zero-order valence-corrected chi connectivity index (χ0v) is 12.5. The van der Waals surface area contributed by atoms with Gasteiger partial charge in [0.1, 0.15) is 10.9 Å². The number of ether oxygens (including phenoxy) is 1. The van der Waals surface area contributed by atoms with Crippen molar-refractivity contribution in [3.63, 3.8) is 0 Å². The fraction of sp³-hybridized carbons (Fsp3) is 0.267. The van der Waals surface area contributed by atoms with Crippen molar-refractivity contribution in [2.45, 2.75) is 26.2 Å². The van der Waals surface area contributed by atoms with E-state index in [2.05, 4.69) is 18.8 Å². The molecule has 1 atom stereocenters. The first kappa shape index (κ1) is 15.3. The summed E-state index contributed by atoms with van der Waals surface area (Å²) in [6, 6.07) is 10.1. The van der Waals surface area contributed by atoms with E-state index in [1.54, 1.807) is 6.07 Å². The van der Waals surface area contributed by atoms with Gasteiger partial charge in [0.15, 0.2) is 0 Å². The van der Waals surface area contributed by atoms with Crippen molar-refractivity contribution in [3.8, 4) is 11.6 Å². The van der Waals surface area contributed by atoms with E-state index in [0.717, 1.165) is 12.0 Å². The van der Waals surface area contributed by atoms with Gasteiger partial charge in [-0.25, -0.2) is 0 Å². The zero-order valence-electron chi connectivity index (χ0n) is 11.7. The first-order valence-electron chi connectivity index (χ1n) is 6.60. The number of aromatic nitrogens is 1. The standard InChI is InChI=1S/C15H15ClN2O3/c1-3-10(2)11-6-4-5-7-13(11)21-15-12(18(19)20)8-9-14(16)17-15/h4-10H,3H2,1-2H3. The van der Waals surface area contributed by atoms with Gasteiger partial charge in [-0.05, 0) is 30.0 Å². The molecule has 0 aliphatic rings. The molecule has 0 amide bonds. The molecular formula is C15H15ClN2O3. The maximum absolute atomic E-state index is 11.0. The summed E-state index contributed by atoms with van der Waals surface area (Å²) in [6.45, 7) is 4.14. The van der Waals surface area contributed by atoms with E-state index in [4.69, 9.17) is 16.3 Å². The second-order valence-electron chi connectivity index (χ2n) is 4.66. The van der Waals surface area contributed by atoms with Gasteiger partial charge in [0.25, 0.3) is 0 Å². The molecule has 0 spiro atoms. The van der Waals surface area contributed by atoms with Crippen LogP contribution in [-0.4, -0.2) is 9.91 Å². The van der Waals surface area contributed by atoms with Gasteiger partial charge < -0.3 is 4.74 Å². The smallest absolute Gasteiger partial charge is 0.331 e. The summed E-state index contributed by atoms with van der Waals surface area (Å²) < 4.78 is 5.67. The van der Waals surface area contributed by atoms with Crippen LogP contribution in [0, 0.1) is 10.1 Å². The molecular weight excluding hydrogens is 292 g/mol. The molecule has 0 bridgehead atoms. The summed E-state index contributed by atoms with van der Waals surface area (Å²) >= 11 is 5.80. The SMILES string of the molecule is CCC(C)c1ccccc1Oc1nc(Cl)ccc1[N+](=O)[O-]. The third kappa shape index (κ3) is 3.49. The number of rotatable bonds is 5. The average molecular weight is 307 g/mol. The van der Waals surface area contributed by atoms with Gasteiger partial charge >= 0.3 is 11.6 Å². The molecule has 0 N–H and O–H groups in total. The van der Waals surface area contributed by atoms with E-state index < -0.39 is 4.92 Å². The summed E-state index contributed by atoms with van der Waals surface area (Å²) in [4.78, 5) is 14.4. The fourth-order valence-corrected chi connectivity index (χ4v) is 2.07. The minimum atomic E-state index is -0.537. The van der Waals surface area contributed by atoms with Gasteiger partial charge in [0.05, 0.1) is 4.92 Å². The number of hydrogen-bond donors (Lipinski definition) is 0. The second-order valence-corrected chi connectivity index (χ2v) is 5.05. The Kier molecular flexibility index (Phi) is 4.75. The number of halogens is 1. The van der Waals surface area contributed by atoms with Crippen LogP contribution in [0.4, 0.5) is 5.69 Å². The van der Waals surface area contributed by atoms with E-state index in [0.29, 0.717) is 5.75 Å². The number of benzene rings is 1. The Morgan fingerprint density at radius 1 is 1.33 bits per heavy atom. The molecule has 1 heterocycles. The highest BCUT2D eigenvalue weighted by atomic mass is 35.5. The lowest BCUT2D eigenvalue weighted by atomic mass is 9.98. The summed E-state index contributed by atoms with van der Waals surface area (Å²) in [7, 11) is 0. The normalized spacial score (nSPS) is 12.0. The number of pyridine rings is 1. The van der Waals surface area contributed by atoms with Crippen LogP contribution in [0.25, 0.3) is 0 Å². The highest BCUT2D eigenvalue weighted by Gasteiger charge is 2.20. The largest absolute Gasteiger partial charge is 0.433 e. The highest BCUT2D eigenvalue weighted by Crippen LogP contribution is 2.35.